The monoisotopic (exact) mass is 143 g/mol. The zero-order valence-corrected chi connectivity index (χ0v) is 5.70. The predicted molar refractivity (Wildman–Crippen MR) is 36.2 cm³/mol. The van der Waals surface area contributed by atoms with Crippen molar-refractivity contribution in [2.75, 3.05) is 0 Å². The number of thiol groups is 1. The molecule has 0 amide bonds. The van der Waals surface area contributed by atoms with Crippen LogP contribution >= 0.6 is 12.6 Å². The Hall–Kier alpha value is -0.450. The number of hydrogen-bond acceptors (Lipinski definition) is 5. The van der Waals surface area contributed by atoms with E-state index >= 15 is 0 Å². The van der Waals surface area contributed by atoms with Crippen molar-refractivity contribution in [2.45, 2.75) is 17.8 Å². The van der Waals surface area contributed by atoms with Crippen molar-refractivity contribution in [1.29, 1.82) is 0 Å². The summed E-state index contributed by atoms with van der Waals surface area (Å²) in [6, 6.07) is 0. The molecule has 0 N–H and O–H groups in total. The molecule has 0 aliphatic carbocycles. The van der Waals surface area contributed by atoms with E-state index in [9.17, 15) is 0 Å². The van der Waals surface area contributed by atoms with Gasteiger partial charge in [0.2, 0.25) is 0 Å². The van der Waals surface area contributed by atoms with Gasteiger partial charge < -0.3 is 0 Å². The number of hydrogen-bond donors (Lipinski definition) is 1. The average molecular weight is 143 g/mol. The van der Waals surface area contributed by atoms with E-state index in [0.29, 0.717) is 6.42 Å². The molecule has 0 saturated heterocycles. The lowest BCUT2D eigenvalue weighted by molar-refractivity contribution is 0.663. The summed E-state index contributed by atoms with van der Waals surface area (Å²) in [4.78, 5) is 0. The van der Waals surface area contributed by atoms with Gasteiger partial charge in [0.05, 0.1) is 0 Å². The molecule has 0 spiro atoms. The lowest BCUT2D eigenvalue weighted by atomic mass is 10.3. The fourth-order valence-electron chi connectivity index (χ4n) is 0.478. The van der Waals surface area contributed by atoms with Crippen LogP contribution in [-0.2, 0) is 0 Å². The molecule has 9 heavy (non-hydrogen) atoms. The smallest absolute Gasteiger partial charge is 0.171 e. The van der Waals surface area contributed by atoms with Crippen LogP contribution in [0.25, 0.3) is 0 Å². The molecular weight excluding hydrogens is 136 g/mol. The molecule has 1 radical (unpaired) electrons. The number of nitrogens with zero attached hydrogens (tertiary/aromatic N) is 4. The van der Waals surface area contributed by atoms with Gasteiger partial charge >= 0.3 is 0 Å². The standard InChI is InChI=1S/C4H7N4S/c1-2-3(9)4-5-7-8-6-4/h3-4,9H,1-2H2. The van der Waals surface area contributed by atoms with E-state index in [1.54, 1.807) is 0 Å². The lowest BCUT2D eigenvalue weighted by Gasteiger charge is -2.05. The Balaban J connectivity index is 2.43. The second-order valence-corrected chi connectivity index (χ2v) is 2.34. The minimum atomic E-state index is -0.203. The minimum absolute atomic E-state index is 0.0556. The maximum Gasteiger partial charge on any atom is 0.196 e. The molecule has 0 aromatic rings. The van der Waals surface area contributed by atoms with Crippen molar-refractivity contribution in [3.8, 4) is 0 Å². The normalized spacial score (nSPS) is 21.1. The second kappa shape index (κ2) is 2.91. The summed E-state index contributed by atoms with van der Waals surface area (Å²) in [5, 5.41) is 14.1. The van der Waals surface area contributed by atoms with Crippen LogP contribution in [0, 0.1) is 6.92 Å². The molecule has 1 aliphatic rings. The molecule has 4 nitrogen and oxygen atoms in total. The molecular formula is C4H7N4S. The van der Waals surface area contributed by atoms with Crippen molar-refractivity contribution < 1.29 is 0 Å². The average Bonchev–Trinajstić information content (AvgIpc) is 2.37. The van der Waals surface area contributed by atoms with Crippen LogP contribution in [0.15, 0.2) is 20.7 Å². The third-order valence-corrected chi connectivity index (χ3v) is 1.54. The SMILES string of the molecule is [CH2]CC(S)C1N=NN=N1. The fourth-order valence-corrected chi connectivity index (χ4v) is 0.597. The second-order valence-electron chi connectivity index (χ2n) is 1.68. The molecule has 0 fully saturated rings. The molecule has 1 aliphatic heterocycles. The Bertz CT molecular complexity index is 132. The van der Waals surface area contributed by atoms with Gasteiger partial charge in [-0.25, -0.2) is 0 Å². The molecule has 0 aromatic heterocycles. The van der Waals surface area contributed by atoms with Gasteiger partial charge in [0.15, 0.2) is 6.17 Å². The van der Waals surface area contributed by atoms with E-state index in [1.165, 1.54) is 0 Å². The Morgan fingerprint density at radius 3 is 2.44 bits per heavy atom. The summed E-state index contributed by atoms with van der Waals surface area (Å²) in [6.07, 6.45) is 0.483. The predicted octanol–water partition coefficient (Wildman–Crippen LogP) is 1.67. The fraction of sp³-hybridized carbons (Fsp3) is 0.750. The molecule has 49 valence electrons. The summed E-state index contributed by atoms with van der Waals surface area (Å²) >= 11 is 4.16. The van der Waals surface area contributed by atoms with Crippen LogP contribution in [0.1, 0.15) is 6.42 Å². The van der Waals surface area contributed by atoms with Crippen molar-refractivity contribution in [3.05, 3.63) is 6.92 Å². The molecule has 1 unspecified atom stereocenters. The van der Waals surface area contributed by atoms with Crippen molar-refractivity contribution >= 4 is 12.6 Å². The van der Waals surface area contributed by atoms with Crippen LogP contribution in [0.2, 0.25) is 0 Å². The zero-order valence-electron chi connectivity index (χ0n) is 4.80. The Morgan fingerprint density at radius 1 is 1.44 bits per heavy atom. The van der Waals surface area contributed by atoms with Gasteiger partial charge in [0.1, 0.15) is 0 Å². The third kappa shape index (κ3) is 1.48. The van der Waals surface area contributed by atoms with Gasteiger partial charge in [0, 0.05) is 5.25 Å². The molecule has 0 saturated carbocycles. The van der Waals surface area contributed by atoms with E-state index in [0.717, 1.165) is 0 Å². The van der Waals surface area contributed by atoms with Crippen LogP contribution in [0.4, 0.5) is 0 Å². The van der Waals surface area contributed by atoms with Crippen LogP contribution in [0.3, 0.4) is 0 Å². The highest BCUT2D eigenvalue weighted by atomic mass is 32.1. The van der Waals surface area contributed by atoms with Gasteiger partial charge in [-0.1, -0.05) is 6.92 Å². The Labute approximate surface area is 58.8 Å². The van der Waals surface area contributed by atoms with E-state index < -0.39 is 0 Å². The summed E-state index contributed by atoms with van der Waals surface area (Å²) in [5.74, 6) is 0. The van der Waals surface area contributed by atoms with Crippen molar-refractivity contribution in [3.63, 3.8) is 0 Å². The van der Waals surface area contributed by atoms with Crippen LogP contribution in [0.5, 0.6) is 0 Å². The lowest BCUT2D eigenvalue weighted by Crippen LogP contribution is -2.12. The maximum atomic E-state index is 4.16. The largest absolute Gasteiger partial charge is 0.196 e. The highest BCUT2D eigenvalue weighted by Crippen LogP contribution is 2.15. The van der Waals surface area contributed by atoms with Crippen molar-refractivity contribution in [1.82, 2.24) is 0 Å². The summed E-state index contributed by atoms with van der Waals surface area (Å²) in [6.45, 7) is 3.65. The third-order valence-electron chi connectivity index (χ3n) is 1.02. The first kappa shape index (κ1) is 6.67. The van der Waals surface area contributed by atoms with E-state index in [4.69, 9.17) is 0 Å². The van der Waals surface area contributed by atoms with Crippen molar-refractivity contribution in [2.24, 2.45) is 20.7 Å². The minimum Gasteiger partial charge on any atom is -0.171 e. The molecule has 1 rings (SSSR count). The molecule has 5 heteroatoms. The highest BCUT2D eigenvalue weighted by molar-refractivity contribution is 7.81. The first-order chi connectivity index (χ1) is 4.34. The quantitative estimate of drug-likeness (QED) is 0.572. The zero-order chi connectivity index (χ0) is 6.69. The van der Waals surface area contributed by atoms with Crippen LogP contribution in [-0.4, -0.2) is 11.4 Å². The Kier molecular flexibility index (Phi) is 2.16. The van der Waals surface area contributed by atoms with Gasteiger partial charge in [-0.15, -0.1) is 10.2 Å². The maximum absolute atomic E-state index is 4.16. The summed E-state index contributed by atoms with van der Waals surface area (Å²) in [5.41, 5.74) is 0. The van der Waals surface area contributed by atoms with Gasteiger partial charge in [0.25, 0.3) is 0 Å². The van der Waals surface area contributed by atoms with Gasteiger partial charge in [-0.05, 0) is 16.9 Å². The van der Waals surface area contributed by atoms with E-state index in [2.05, 4.69) is 40.2 Å². The van der Waals surface area contributed by atoms with E-state index in [-0.39, 0.29) is 11.4 Å². The topological polar surface area (TPSA) is 49.4 Å². The van der Waals surface area contributed by atoms with Crippen LogP contribution < -0.4 is 0 Å². The first-order valence-corrected chi connectivity index (χ1v) is 3.13. The Morgan fingerprint density at radius 2 is 2.00 bits per heavy atom. The summed E-state index contributed by atoms with van der Waals surface area (Å²) in [7, 11) is 0. The van der Waals surface area contributed by atoms with Gasteiger partial charge in [-0.3, -0.25) is 0 Å². The molecule has 1 atom stereocenters. The first-order valence-electron chi connectivity index (χ1n) is 2.62. The highest BCUT2D eigenvalue weighted by Gasteiger charge is 2.17. The molecule has 0 bridgehead atoms. The van der Waals surface area contributed by atoms with E-state index in [1.807, 2.05) is 0 Å². The van der Waals surface area contributed by atoms with Gasteiger partial charge in [-0.2, -0.15) is 12.6 Å². The molecule has 1 heterocycles. The summed E-state index contributed by atoms with van der Waals surface area (Å²) < 4.78 is 0. The molecule has 0 aromatic carbocycles. The number of rotatable bonds is 2.